The molecule has 1 aromatic heterocycles. The van der Waals surface area contributed by atoms with Crippen LogP contribution in [0, 0.1) is 0 Å². The topological polar surface area (TPSA) is 82.2 Å². The Morgan fingerprint density at radius 3 is 2.67 bits per heavy atom. The molecule has 0 amide bonds. The summed E-state index contributed by atoms with van der Waals surface area (Å²) in [5.74, 6) is 0.843. The van der Waals surface area contributed by atoms with Gasteiger partial charge in [-0.25, -0.2) is 0 Å². The van der Waals surface area contributed by atoms with Crippen molar-refractivity contribution in [2.45, 2.75) is 57.8 Å². The van der Waals surface area contributed by atoms with E-state index in [0.717, 1.165) is 40.9 Å². The van der Waals surface area contributed by atoms with Crippen molar-refractivity contribution in [2.24, 2.45) is 0 Å². The molecule has 160 valence electrons. The van der Waals surface area contributed by atoms with E-state index in [2.05, 4.69) is 65.9 Å². The van der Waals surface area contributed by atoms with Crippen LogP contribution in [0.4, 0.5) is 0 Å². The van der Waals surface area contributed by atoms with Gasteiger partial charge in [0.2, 0.25) is 0 Å². The standard InChI is InChI=1S/C24H32N4O2/c1-24(2,3)17-9-7-16(8-10-17)15-30-22-6-4-5-20-23(22)21(28-27-20)13-26-18-11-19(14-29)25-12-18/h4-10,18-19,25-26,29H,11-15H2,1-3H3,(H,27,28)/t18-,19-/m0/s1. The van der Waals surface area contributed by atoms with Crippen molar-refractivity contribution in [3.8, 4) is 5.75 Å². The van der Waals surface area contributed by atoms with Gasteiger partial charge < -0.3 is 20.5 Å². The summed E-state index contributed by atoms with van der Waals surface area (Å²) in [7, 11) is 0. The average Bonchev–Trinajstić information content (AvgIpc) is 3.37. The van der Waals surface area contributed by atoms with Crippen LogP contribution in [0.2, 0.25) is 0 Å². The number of rotatable bonds is 7. The van der Waals surface area contributed by atoms with Crippen molar-refractivity contribution >= 4 is 10.9 Å². The highest BCUT2D eigenvalue weighted by Crippen LogP contribution is 2.29. The van der Waals surface area contributed by atoms with Crippen molar-refractivity contribution in [1.29, 1.82) is 0 Å². The third kappa shape index (κ3) is 4.67. The van der Waals surface area contributed by atoms with Gasteiger partial charge in [-0.3, -0.25) is 5.10 Å². The zero-order chi connectivity index (χ0) is 21.1. The minimum atomic E-state index is 0.149. The highest BCUT2D eigenvalue weighted by molar-refractivity contribution is 5.87. The van der Waals surface area contributed by atoms with E-state index in [0.29, 0.717) is 19.2 Å². The molecule has 2 aromatic carbocycles. The zero-order valence-corrected chi connectivity index (χ0v) is 18.0. The van der Waals surface area contributed by atoms with Gasteiger partial charge in [0.25, 0.3) is 0 Å². The van der Waals surface area contributed by atoms with Gasteiger partial charge in [-0.15, -0.1) is 0 Å². The van der Waals surface area contributed by atoms with Crippen molar-refractivity contribution in [3.63, 3.8) is 0 Å². The third-order valence-electron chi connectivity index (χ3n) is 5.84. The van der Waals surface area contributed by atoms with Gasteiger partial charge in [-0.2, -0.15) is 5.10 Å². The highest BCUT2D eigenvalue weighted by atomic mass is 16.5. The first-order valence-corrected chi connectivity index (χ1v) is 10.7. The zero-order valence-electron chi connectivity index (χ0n) is 18.0. The molecule has 2 atom stereocenters. The fourth-order valence-electron chi connectivity index (χ4n) is 3.97. The average molecular weight is 409 g/mol. The van der Waals surface area contributed by atoms with E-state index in [-0.39, 0.29) is 18.1 Å². The minimum absolute atomic E-state index is 0.149. The van der Waals surface area contributed by atoms with Gasteiger partial charge in [0.15, 0.2) is 0 Å². The lowest BCUT2D eigenvalue weighted by molar-refractivity contribution is 0.253. The largest absolute Gasteiger partial charge is 0.488 e. The Morgan fingerprint density at radius 2 is 1.97 bits per heavy atom. The number of ether oxygens (including phenoxy) is 1. The molecule has 30 heavy (non-hydrogen) atoms. The van der Waals surface area contributed by atoms with Gasteiger partial charge in [0.05, 0.1) is 23.2 Å². The van der Waals surface area contributed by atoms with Crippen LogP contribution in [0.15, 0.2) is 42.5 Å². The van der Waals surface area contributed by atoms with Crippen LogP contribution in [0.25, 0.3) is 10.9 Å². The molecule has 2 heterocycles. The molecule has 0 saturated carbocycles. The van der Waals surface area contributed by atoms with E-state index in [1.165, 1.54) is 5.56 Å². The van der Waals surface area contributed by atoms with Gasteiger partial charge in [-0.1, -0.05) is 51.1 Å². The summed E-state index contributed by atoms with van der Waals surface area (Å²) in [4.78, 5) is 0. The fourth-order valence-corrected chi connectivity index (χ4v) is 3.97. The van der Waals surface area contributed by atoms with Crippen LogP contribution in [-0.4, -0.2) is 40.5 Å². The summed E-state index contributed by atoms with van der Waals surface area (Å²) in [6.45, 7) is 8.91. The van der Waals surface area contributed by atoms with Gasteiger partial charge >= 0.3 is 0 Å². The second kappa shape index (κ2) is 8.76. The second-order valence-corrected chi connectivity index (χ2v) is 9.19. The van der Waals surface area contributed by atoms with E-state index < -0.39 is 0 Å². The summed E-state index contributed by atoms with van der Waals surface area (Å²) in [6, 6.07) is 15.2. The Kier molecular flexibility index (Phi) is 6.09. The van der Waals surface area contributed by atoms with E-state index in [1.54, 1.807) is 0 Å². The number of aromatic amines is 1. The van der Waals surface area contributed by atoms with Crippen LogP contribution in [0.5, 0.6) is 5.75 Å². The maximum atomic E-state index is 9.30. The van der Waals surface area contributed by atoms with Crippen molar-refractivity contribution in [3.05, 3.63) is 59.3 Å². The van der Waals surface area contributed by atoms with Gasteiger partial charge in [-0.05, 0) is 35.1 Å². The smallest absolute Gasteiger partial charge is 0.131 e. The van der Waals surface area contributed by atoms with Crippen molar-refractivity contribution < 1.29 is 9.84 Å². The predicted molar refractivity (Wildman–Crippen MR) is 120 cm³/mol. The molecule has 0 bridgehead atoms. The van der Waals surface area contributed by atoms with Crippen LogP contribution in [-0.2, 0) is 18.6 Å². The summed E-state index contributed by atoms with van der Waals surface area (Å²) in [6.07, 6.45) is 0.927. The summed E-state index contributed by atoms with van der Waals surface area (Å²) in [5, 5.41) is 24.8. The molecule has 4 N–H and O–H groups in total. The number of benzene rings is 2. The number of H-pyrrole nitrogens is 1. The molecule has 0 unspecified atom stereocenters. The molecule has 0 spiro atoms. The van der Waals surface area contributed by atoms with Crippen LogP contribution < -0.4 is 15.4 Å². The number of hydrogen-bond donors (Lipinski definition) is 4. The molecule has 3 aromatic rings. The van der Waals surface area contributed by atoms with E-state index in [1.807, 2.05) is 18.2 Å². The monoisotopic (exact) mass is 408 g/mol. The maximum Gasteiger partial charge on any atom is 0.131 e. The molecule has 1 fully saturated rings. The molecule has 1 aliphatic heterocycles. The Bertz CT molecular complexity index is 975. The molecule has 1 aliphatic rings. The molecule has 0 aliphatic carbocycles. The molecular formula is C24H32N4O2. The van der Waals surface area contributed by atoms with Crippen LogP contribution in [0.1, 0.15) is 44.0 Å². The number of nitrogens with zero attached hydrogens (tertiary/aromatic N) is 1. The molecule has 1 saturated heterocycles. The normalized spacial score (nSPS) is 19.5. The Morgan fingerprint density at radius 1 is 1.17 bits per heavy atom. The first-order chi connectivity index (χ1) is 14.4. The number of aliphatic hydroxyl groups is 1. The van der Waals surface area contributed by atoms with Gasteiger partial charge in [0.1, 0.15) is 12.4 Å². The maximum absolute atomic E-state index is 9.30. The first kappa shape index (κ1) is 20.8. The number of fused-ring (bicyclic) bond motifs is 1. The molecule has 6 heteroatoms. The predicted octanol–water partition coefficient (Wildman–Crippen LogP) is 3.25. The van der Waals surface area contributed by atoms with Crippen molar-refractivity contribution in [1.82, 2.24) is 20.8 Å². The summed E-state index contributed by atoms with van der Waals surface area (Å²) in [5.41, 5.74) is 4.55. The quantitative estimate of drug-likeness (QED) is 0.482. The highest BCUT2D eigenvalue weighted by Gasteiger charge is 2.23. The number of aliphatic hydroxyl groups excluding tert-OH is 1. The molecule has 0 radical (unpaired) electrons. The SMILES string of the molecule is CC(C)(C)c1ccc(COc2cccc3n[nH]c(CN[C@@H]4CN[C@H](CO)C4)c23)cc1. The number of aromatic nitrogens is 2. The molecule has 6 nitrogen and oxygen atoms in total. The lowest BCUT2D eigenvalue weighted by Gasteiger charge is -2.19. The van der Waals surface area contributed by atoms with Crippen molar-refractivity contribution in [2.75, 3.05) is 13.2 Å². The van der Waals surface area contributed by atoms with Gasteiger partial charge in [0, 0.05) is 25.2 Å². The fraction of sp³-hybridized carbons (Fsp3) is 0.458. The first-order valence-electron chi connectivity index (χ1n) is 10.7. The van der Waals surface area contributed by atoms with Crippen LogP contribution >= 0.6 is 0 Å². The summed E-state index contributed by atoms with van der Waals surface area (Å²) >= 11 is 0. The Hall–Kier alpha value is -2.41. The second-order valence-electron chi connectivity index (χ2n) is 9.19. The lowest BCUT2D eigenvalue weighted by Crippen LogP contribution is -2.30. The molecular weight excluding hydrogens is 376 g/mol. The van der Waals surface area contributed by atoms with E-state index in [9.17, 15) is 5.11 Å². The van der Waals surface area contributed by atoms with E-state index in [4.69, 9.17) is 4.74 Å². The minimum Gasteiger partial charge on any atom is -0.488 e. The lowest BCUT2D eigenvalue weighted by atomic mass is 9.87. The molecule has 4 rings (SSSR count). The third-order valence-corrected chi connectivity index (χ3v) is 5.84. The number of hydrogen-bond acceptors (Lipinski definition) is 5. The van der Waals surface area contributed by atoms with E-state index >= 15 is 0 Å². The van der Waals surface area contributed by atoms with Crippen LogP contribution in [0.3, 0.4) is 0 Å². The summed E-state index contributed by atoms with van der Waals surface area (Å²) < 4.78 is 6.20. The Balaban J connectivity index is 1.44. The Labute approximate surface area is 178 Å². The number of nitrogens with one attached hydrogen (secondary N) is 3.